The second kappa shape index (κ2) is 11.2. The summed E-state index contributed by atoms with van der Waals surface area (Å²) in [5.41, 5.74) is 14.4. The van der Waals surface area contributed by atoms with E-state index < -0.39 is 0 Å². The summed E-state index contributed by atoms with van der Waals surface area (Å²) >= 11 is 0. The van der Waals surface area contributed by atoms with Crippen LogP contribution in [0, 0.1) is 0 Å². The van der Waals surface area contributed by atoms with Crippen molar-refractivity contribution in [2.45, 2.75) is 37.6 Å². The normalized spacial score (nSPS) is 19.1. The Morgan fingerprint density at radius 3 is 1.23 bits per heavy atom. The lowest BCUT2D eigenvalue weighted by molar-refractivity contribution is 0.133. The van der Waals surface area contributed by atoms with Crippen LogP contribution in [0.5, 0.6) is 0 Å². The molecule has 1 aliphatic carbocycles. The predicted octanol–water partition coefficient (Wildman–Crippen LogP) is 14.2. The van der Waals surface area contributed by atoms with Crippen molar-refractivity contribution < 1.29 is 0 Å². The largest absolute Gasteiger partial charge is 0.334 e. The van der Waals surface area contributed by atoms with Crippen molar-refractivity contribution in [3.05, 3.63) is 181 Å². The van der Waals surface area contributed by atoms with Crippen LogP contribution in [0.15, 0.2) is 176 Å². The van der Waals surface area contributed by atoms with E-state index in [4.69, 9.17) is 0 Å². The Hall–Kier alpha value is -6.18. The molecule has 1 aliphatic heterocycles. The average Bonchev–Trinajstić information content (AvgIpc) is 3.35. The molecule has 9 aromatic carbocycles. The van der Waals surface area contributed by atoms with Crippen LogP contribution < -0.4 is 4.90 Å². The third-order valence-corrected chi connectivity index (χ3v) is 13.1. The highest BCUT2D eigenvalue weighted by Gasteiger charge is 2.63. The molecule has 2 aliphatic rings. The molecule has 0 amide bonds. The maximum Gasteiger partial charge on any atom is 0.0518 e. The van der Waals surface area contributed by atoms with Crippen molar-refractivity contribution >= 4 is 43.7 Å². The first-order chi connectivity index (χ1) is 26.0. The van der Waals surface area contributed by atoms with Gasteiger partial charge in [0, 0.05) is 16.8 Å². The molecule has 0 spiro atoms. The summed E-state index contributed by atoms with van der Waals surface area (Å²) in [4.78, 5) is 2.63. The van der Waals surface area contributed by atoms with Crippen molar-refractivity contribution in [2.24, 2.45) is 0 Å². The monoisotopic (exact) mass is 677 g/mol. The van der Waals surface area contributed by atoms with Crippen LogP contribution in [-0.4, -0.2) is 5.54 Å². The van der Waals surface area contributed by atoms with Crippen molar-refractivity contribution in [3.63, 3.8) is 0 Å². The van der Waals surface area contributed by atoms with Gasteiger partial charge in [-0.15, -0.1) is 0 Å². The Morgan fingerprint density at radius 1 is 0.396 bits per heavy atom. The van der Waals surface area contributed by atoms with Crippen LogP contribution in [0.4, 0.5) is 11.4 Å². The van der Waals surface area contributed by atoms with Crippen LogP contribution in [0.1, 0.15) is 32.3 Å². The number of hydrogen-bond acceptors (Lipinski definition) is 1. The third-order valence-electron chi connectivity index (χ3n) is 13.1. The lowest BCUT2D eigenvalue weighted by Crippen LogP contribution is -2.60. The molecule has 252 valence electrons. The predicted molar refractivity (Wildman–Crippen MR) is 225 cm³/mol. The first-order valence-electron chi connectivity index (χ1n) is 19.0. The van der Waals surface area contributed by atoms with Crippen LogP contribution in [-0.2, 0) is 5.41 Å². The van der Waals surface area contributed by atoms with Gasteiger partial charge >= 0.3 is 0 Å². The number of hydrogen-bond donors (Lipinski definition) is 0. The van der Waals surface area contributed by atoms with E-state index in [2.05, 4.69) is 195 Å². The Kier molecular flexibility index (Phi) is 6.41. The van der Waals surface area contributed by atoms with Crippen LogP contribution in [0.2, 0.25) is 0 Å². The minimum Gasteiger partial charge on any atom is -0.334 e. The molecule has 0 radical (unpaired) electrons. The van der Waals surface area contributed by atoms with Gasteiger partial charge < -0.3 is 4.90 Å². The van der Waals surface area contributed by atoms with Crippen molar-refractivity contribution in [3.8, 4) is 44.5 Å². The summed E-state index contributed by atoms with van der Waals surface area (Å²) in [7, 11) is 0. The molecular weight excluding hydrogens is 639 g/mol. The van der Waals surface area contributed by atoms with E-state index in [1.165, 1.54) is 107 Å². The highest BCUT2D eigenvalue weighted by Crippen LogP contribution is 2.65. The highest BCUT2D eigenvalue weighted by molar-refractivity contribution is 6.32. The molecule has 53 heavy (non-hydrogen) atoms. The van der Waals surface area contributed by atoms with Crippen LogP contribution in [0.3, 0.4) is 0 Å². The fourth-order valence-electron chi connectivity index (χ4n) is 10.1. The Morgan fingerprint density at radius 2 is 0.811 bits per heavy atom. The maximum atomic E-state index is 2.63. The minimum atomic E-state index is 0.0504. The molecule has 1 saturated carbocycles. The van der Waals surface area contributed by atoms with Gasteiger partial charge in [0.1, 0.15) is 0 Å². The van der Waals surface area contributed by atoms with Gasteiger partial charge in [-0.3, -0.25) is 0 Å². The summed E-state index contributed by atoms with van der Waals surface area (Å²) in [6, 6.07) is 65.6. The SMILES string of the molecule is CC12CCC1(C)N(c1ccccc1)c1ccc(-c3cc(-c4ccccc4)c4ccc5c(-c6ccccc6)cc(-c6ccccc6)c6ccc3c4c56)cc12. The van der Waals surface area contributed by atoms with Gasteiger partial charge in [0.2, 0.25) is 0 Å². The van der Waals surface area contributed by atoms with Gasteiger partial charge in [-0.25, -0.2) is 0 Å². The van der Waals surface area contributed by atoms with E-state index in [-0.39, 0.29) is 11.0 Å². The molecule has 1 heterocycles. The summed E-state index contributed by atoms with van der Waals surface area (Å²) in [6.07, 6.45) is 2.38. The maximum absolute atomic E-state index is 2.63. The first kappa shape index (κ1) is 30.4. The molecule has 0 N–H and O–H groups in total. The zero-order chi connectivity index (χ0) is 35.3. The Labute approximate surface area is 311 Å². The third kappa shape index (κ3) is 4.20. The molecule has 9 aromatic rings. The van der Waals surface area contributed by atoms with Gasteiger partial charge in [0.05, 0.1) is 5.54 Å². The number of nitrogens with zero attached hydrogens (tertiary/aromatic N) is 1. The molecule has 11 rings (SSSR count). The molecular formula is C52H39N. The van der Waals surface area contributed by atoms with E-state index in [0.29, 0.717) is 0 Å². The van der Waals surface area contributed by atoms with E-state index in [0.717, 1.165) is 0 Å². The standard InChI is InChI=1S/C52H39N/c1-51-29-30-52(51,2)53(38-21-13-6-14-22-38)48-28-23-37(31-47(48)51)46-33-45(36-19-11-5-12-20-36)41-25-24-39-43(34-15-7-3-8-16-34)32-44(35-17-9-4-10-18-35)40-26-27-42(46)50(41)49(39)40/h3-28,31-33H,29-30H2,1-2H3. The first-order valence-corrected chi connectivity index (χ1v) is 19.0. The molecule has 1 nitrogen and oxygen atoms in total. The van der Waals surface area contributed by atoms with E-state index >= 15 is 0 Å². The molecule has 0 aromatic heterocycles. The van der Waals surface area contributed by atoms with Crippen molar-refractivity contribution in [1.29, 1.82) is 0 Å². The van der Waals surface area contributed by atoms with Gasteiger partial charge in [0.15, 0.2) is 0 Å². The lowest BCUT2D eigenvalue weighted by atomic mass is 9.55. The van der Waals surface area contributed by atoms with E-state index in [9.17, 15) is 0 Å². The van der Waals surface area contributed by atoms with Crippen molar-refractivity contribution in [2.75, 3.05) is 4.90 Å². The number of benzene rings is 9. The summed E-state index contributed by atoms with van der Waals surface area (Å²) in [6.45, 7) is 4.97. The second-order valence-electron chi connectivity index (χ2n) is 15.6. The topological polar surface area (TPSA) is 3.24 Å². The van der Waals surface area contributed by atoms with Crippen LogP contribution >= 0.6 is 0 Å². The molecule has 1 fully saturated rings. The van der Waals surface area contributed by atoms with Gasteiger partial charge in [-0.1, -0.05) is 146 Å². The number of anilines is 2. The lowest BCUT2D eigenvalue weighted by Gasteiger charge is -2.56. The fourth-order valence-corrected chi connectivity index (χ4v) is 10.1. The van der Waals surface area contributed by atoms with Gasteiger partial charge in [-0.05, 0) is 139 Å². The molecule has 0 saturated heterocycles. The molecule has 2 atom stereocenters. The second-order valence-corrected chi connectivity index (χ2v) is 15.6. The van der Waals surface area contributed by atoms with Crippen LogP contribution in [0.25, 0.3) is 76.8 Å². The molecule has 1 heteroatoms. The van der Waals surface area contributed by atoms with Gasteiger partial charge in [0.25, 0.3) is 0 Å². The smallest absolute Gasteiger partial charge is 0.0518 e. The zero-order valence-electron chi connectivity index (χ0n) is 30.1. The van der Waals surface area contributed by atoms with E-state index in [1.807, 2.05) is 0 Å². The molecule has 2 unspecified atom stereocenters. The Balaban J connectivity index is 1.24. The van der Waals surface area contributed by atoms with Crippen molar-refractivity contribution in [1.82, 2.24) is 0 Å². The van der Waals surface area contributed by atoms with Gasteiger partial charge in [-0.2, -0.15) is 0 Å². The summed E-state index contributed by atoms with van der Waals surface area (Å²) < 4.78 is 0. The number of fused-ring (bicyclic) bond motifs is 3. The summed E-state index contributed by atoms with van der Waals surface area (Å²) in [5, 5.41) is 7.89. The fraction of sp³-hybridized carbons (Fsp3) is 0.115. The molecule has 0 bridgehead atoms. The Bertz CT molecular complexity index is 2780. The minimum absolute atomic E-state index is 0.0504. The zero-order valence-corrected chi connectivity index (χ0v) is 30.1. The highest BCUT2D eigenvalue weighted by atomic mass is 15.3. The quantitative estimate of drug-likeness (QED) is 0.164. The average molecular weight is 678 g/mol. The van der Waals surface area contributed by atoms with E-state index in [1.54, 1.807) is 0 Å². The number of rotatable bonds is 5. The number of para-hydroxylation sites is 1. The summed E-state index contributed by atoms with van der Waals surface area (Å²) in [5.74, 6) is 0.